The van der Waals surface area contributed by atoms with Gasteiger partial charge in [-0.05, 0) is 24.8 Å². The Morgan fingerprint density at radius 2 is 1.81 bits per heavy atom. The van der Waals surface area contributed by atoms with Gasteiger partial charge in [-0.2, -0.15) is 0 Å². The number of nitrogens with zero attached hydrogens (tertiary/aromatic N) is 2. The first-order chi connectivity index (χ1) is 12.5. The molecule has 2 amide bonds. The molecule has 1 saturated heterocycles. The highest BCUT2D eigenvalue weighted by atomic mass is 32.2. The number of anilines is 1. The van der Waals surface area contributed by atoms with Gasteiger partial charge < -0.3 is 4.90 Å². The molecule has 2 aliphatic rings. The number of benzene rings is 1. The smallest absolute Gasteiger partial charge is 0.267 e. The third-order valence-electron chi connectivity index (χ3n) is 4.66. The molecule has 1 fully saturated rings. The summed E-state index contributed by atoms with van der Waals surface area (Å²) in [5.41, 5.74) is 2.26. The van der Waals surface area contributed by atoms with Crippen LogP contribution < -0.4 is 4.90 Å². The molecule has 0 unspecified atom stereocenters. The molecule has 0 N–H and O–H groups in total. The first-order valence-electron chi connectivity index (χ1n) is 9.14. The van der Waals surface area contributed by atoms with Gasteiger partial charge in [0.15, 0.2) is 0 Å². The summed E-state index contributed by atoms with van der Waals surface area (Å²) in [6.07, 6.45) is 2.84. The van der Waals surface area contributed by atoms with Crippen molar-refractivity contribution in [1.82, 2.24) is 4.90 Å². The van der Waals surface area contributed by atoms with Crippen LogP contribution >= 0.6 is 24.0 Å². The van der Waals surface area contributed by atoms with Crippen LogP contribution in [-0.2, 0) is 9.59 Å². The first kappa shape index (κ1) is 19.1. The molecule has 2 heterocycles. The molecule has 3 rings (SSSR count). The summed E-state index contributed by atoms with van der Waals surface area (Å²) >= 11 is 6.69. The second-order valence-corrected chi connectivity index (χ2v) is 8.68. The molecule has 6 heteroatoms. The van der Waals surface area contributed by atoms with Crippen LogP contribution in [0, 0.1) is 5.92 Å². The molecule has 0 saturated carbocycles. The van der Waals surface area contributed by atoms with Gasteiger partial charge in [-0.15, -0.1) is 0 Å². The monoisotopic (exact) mass is 388 g/mol. The number of fused-ring (bicyclic) bond motifs is 1. The van der Waals surface area contributed by atoms with Gasteiger partial charge in [0.2, 0.25) is 0 Å². The molecule has 0 radical (unpaired) electrons. The van der Waals surface area contributed by atoms with Crippen molar-refractivity contribution in [2.75, 3.05) is 18.0 Å². The van der Waals surface area contributed by atoms with Crippen LogP contribution in [0.5, 0.6) is 0 Å². The maximum absolute atomic E-state index is 13.1. The van der Waals surface area contributed by atoms with Crippen LogP contribution in [0.3, 0.4) is 0 Å². The van der Waals surface area contributed by atoms with E-state index in [0.717, 1.165) is 30.5 Å². The Morgan fingerprint density at radius 3 is 2.50 bits per heavy atom. The lowest BCUT2D eigenvalue weighted by molar-refractivity contribution is -0.122. The maximum atomic E-state index is 13.1. The molecule has 0 spiro atoms. The van der Waals surface area contributed by atoms with Crippen LogP contribution in [0.2, 0.25) is 0 Å². The Hall–Kier alpha value is -1.66. The van der Waals surface area contributed by atoms with E-state index in [1.165, 1.54) is 11.8 Å². The number of thiocarbonyl (C=S) groups is 1. The van der Waals surface area contributed by atoms with Crippen molar-refractivity contribution in [2.24, 2.45) is 5.92 Å². The number of para-hydroxylation sites is 1. The minimum Gasteiger partial charge on any atom is -0.308 e. The molecule has 1 aromatic rings. The van der Waals surface area contributed by atoms with Crippen LogP contribution in [0.4, 0.5) is 5.69 Å². The molecule has 1 aromatic carbocycles. The molecular weight excluding hydrogens is 364 g/mol. The largest absolute Gasteiger partial charge is 0.308 e. The van der Waals surface area contributed by atoms with E-state index in [9.17, 15) is 9.59 Å². The molecule has 0 atom stereocenters. The van der Waals surface area contributed by atoms with Crippen LogP contribution in [-0.4, -0.2) is 34.1 Å². The van der Waals surface area contributed by atoms with E-state index >= 15 is 0 Å². The third-order valence-corrected chi connectivity index (χ3v) is 6.11. The predicted octanol–water partition coefficient (Wildman–Crippen LogP) is 4.45. The van der Waals surface area contributed by atoms with Gasteiger partial charge in [-0.25, -0.2) is 0 Å². The molecule has 0 aromatic heterocycles. The zero-order chi connectivity index (χ0) is 18.8. The SMILES string of the molecule is CCCCN1C(=O)C(=C2SC(=S)N(CCC(C)C)C2=O)c2ccccc21. The van der Waals surface area contributed by atoms with Crippen LogP contribution in [0.1, 0.15) is 45.6 Å². The van der Waals surface area contributed by atoms with E-state index in [2.05, 4.69) is 20.8 Å². The van der Waals surface area contributed by atoms with E-state index in [-0.39, 0.29) is 11.8 Å². The predicted molar refractivity (Wildman–Crippen MR) is 112 cm³/mol. The van der Waals surface area contributed by atoms with Gasteiger partial charge in [0, 0.05) is 18.7 Å². The standard InChI is InChI=1S/C20H24N2O2S2/c1-4-5-11-21-15-9-7-6-8-14(15)16(18(21)23)17-19(24)22(20(25)26-17)12-10-13(2)3/h6-9,13H,4-5,10-12H2,1-3H3. The minimum atomic E-state index is -0.129. The van der Waals surface area contributed by atoms with Gasteiger partial charge in [-0.1, -0.05) is 69.4 Å². The van der Waals surface area contributed by atoms with Crippen molar-refractivity contribution < 1.29 is 9.59 Å². The van der Waals surface area contributed by atoms with Crippen molar-refractivity contribution in [3.05, 3.63) is 34.7 Å². The van der Waals surface area contributed by atoms with E-state index in [1.54, 1.807) is 9.80 Å². The Morgan fingerprint density at radius 1 is 1.08 bits per heavy atom. The number of amides is 2. The maximum Gasteiger partial charge on any atom is 0.267 e. The van der Waals surface area contributed by atoms with Gasteiger partial charge in [0.05, 0.1) is 16.2 Å². The summed E-state index contributed by atoms with van der Waals surface area (Å²) in [6.45, 7) is 7.63. The average molecular weight is 389 g/mol. The number of hydrogen-bond acceptors (Lipinski definition) is 4. The second-order valence-electron chi connectivity index (χ2n) is 7.04. The second kappa shape index (κ2) is 7.92. The lowest BCUT2D eigenvalue weighted by Gasteiger charge is -2.16. The topological polar surface area (TPSA) is 40.6 Å². The molecule has 0 aliphatic carbocycles. The lowest BCUT2D eigenvalue weighted by atomic mass is 10.1. The van der Waals surface area contributed by atoms with Crippen molar-refractivity contribution in [3.8, 4) is 0 Å². The fourth-order valence-electron chi connectivity index (χ4n) is 3.17. The highest BCUT2D eigenvalue weighted by molar-refractivity contribution is 8.26. The number of rotatable bonds is 6. The Bertz CT molecular complexity index is 786. The summed E-state index contributed by atoms with van der Waals surface area (Å²) in [7, 11) is 0. The van der Waals surface area contributed by atoms with Crippen molar-refractivity contribution in [1.29, 1.82) is 0 Å². The summed E-state index contributed by atoms with van der Waals surface area (Å²) in [6, 6.07) is 7.72. The fourth-order valence-corrected chi connectivity index (χ4v) is 4.55. The van der Waals surface area contributed by atoms with E-state index in [1.807, 2.05) is 24.3 Å². The molecule has 4 nitrogen and oxygen atoms in total. The van der Waals surface area contributed by atoms with E-state index in [0.29, 0.717) is 33.8 Å². The zero-order valence-corrected chi connectivity index (χ0v) is 17.1. The van der Waals surface area contributed by atoms with Gasteiger partial charge in [0.25, 0.3) is 11.8 Å². The summed E-state index contributed by atoms with van der Waals surface area (Å²) in [5.74, 6) is 0.283. The van der Waals surface area contributed by atoms with Crippen LogP contribution in [0.15, 0.2) is 29.2 Å². The first-order valence-corrected chi connectivity index (χ1v) is 10.4. The van der Waals surface area contributed by atoms with Crippen LogP contribution in [0.25, 0.3) is 5.57 Å². The molecular formula is C20H24N2O2S2. The summed E-state index contributed by atoms with van der Waals surface area (Å²) in [5, 5.41) is 0. The summed E-state index contributed by atoms with van der Waals surface area (Å²) < 4.78 is 0.551. The highest BCUT2D eigenvalue weighted by Gasteiger charge is 2.41. The lowest BCUT2D eigenvalue weighted by Crippen LogP contribution is -2.31. The molecule has 0 bridgehead atoms. The summed E-state index contributed by atoms with van der Waals surface area (Å²) in [4.78, 5) is 30.0. The average Bonchev–Trinajstić information content (AvgIpc) is 3.04. The minimum absolute atomic E-state index is 0.0796. The Kier molecular flexibility index (Phi) is 5.82. The van der Waals surface area contributed by atoms with Crippen molar-refractivity contribution in [3.63, 3.8) is 0 Å². The number of hydrogen-bond donors (Lipinski definition) is 0. The van der Waals surface area contributed by atoms with E-state index < -0.39 is 0 Å². The van der Waals surface area contributed by atoms with E-state index in [4.69, 9.17) is 12.2 Å². The normalized spacial score (nSPS) is 19.9. The van der Waals surface area contributed by atoms with Crippen molar-refractivity contribution >= 4 is 51.4 Å². The van der Waals surface area contributed by atoms with Gasteiger partial charge in [0.1, 0.15) is 4.32 Å². The molecule has 138 valence electrons. The van der Waals surface area contributed by atoms with Crippen molar-refractivity contribution in [2.45, 2.75) is 40.0 Å². The van der Waals surface area contributed by atoms with Gasteiger partial charge >= 0.3 is 0 Å². The molecule has 26 heavy (non-hydrogen) atoms. The third kappa shape index (κ3) is 3.45. The zero-order valence-electron chi connectivity index (χ0n) is 15.4. The number of thioether (sulfide) groups is 1. The quantitative estimate of drug-likeness (QED) is 0.533. The van der Waals surface area contributed by atoms with Gasteiger partial charge in [-0.3, -0.25) is 14.5 Å². The highest BCUT2D eigenvalue weighted by Crippen LogP contribution is 2.44. The number of carbonyl (C=O) groups is 2. The fraction of sp³-hybridized carbons (Fsp3) is 0.450. The Balaban J connectivity index is 1.98. The Labute approximate surface area is 164 Å². The molecule has 2 aliphatic heterocycles. The number of carbonyl (C=O) groups excluding carboxylic acids is 2. The number of unbranched alkanes of at least 4 members (excludes halogenated alkanes) is 1.